The number of halogens is 1. The van der Waals surface area contributed by atoms with Gasteiger partial charge in [0.05, 0.1) is 12.2 Å². The number of likely N-dealkylation sites (tertiary alicyclic amines) is 1. The zero-order valence-corrected chi connectivity index (χ0v) is 10.7. The van der Waals surface area contributed by atoms with E-state index in [2.05, 4.69) is 15.5 Å². The van der Waals surface area contributed by atoms with Crippen LogP contribution < -0.4 is 10.6 Å². The van der Waals surface area contributed by atoms with E-state index in [4.69, 9.17) is 0 Å². The number of nitrogens with zero attached hydrogens (tertiary/aromatic N) is 1. The van der Waals surface area contributed by atoms with Crippen LogP contribution in [0.2, 0.25) is 0 Å². The molecule has 0 bridgehead atoms. The Kier molecular flexibility index (Phi) is 3.48. The van der Waals surface area contributed by atoms with Gasteiger partial charge in [-0.3, -0.25) is 9.69 Å². The number of benzene rings is 1. The average Bonchev–Trinajstić information content (AvgIpc) is 2.92. The number of amides is 1. The normalized spacial score (nSPS) is 26.4. The first kappa shape index (κ1) is 12.6. The number of nitrogens with one attached hydrogen (secondary N) is 2. The minimum Gasteiger partial charge on any atom is -0.322 e. The second kappa shape index (κ2) is 5.27. The number of rotatable bonds is 3. The molecule has 0 radical (unpaired) electrons. The number of fused-ring (bicyclic) bond motifs is 1. The SMILES string of the molecule is O=C(CN1C[C@@H]2CCN[C@@H]2C1)Nc1ccccc1F. The molecule has 1 amide bonds. The summed E-state index contributed by atoms with van der Waals surface area (Å²) in [6, 6.07) is 6.77. The van der Waals surface area contributed by atoms with Gasteiger partial charge in [0, 0.05) is 19.1 Å². The summed E-state index contributed by atoms with van der Waals surface area (Å²) in [6.07, 6.45) is 1.19. The summed E-state index contributed by atoms with van der Waals surface area (Å²) in [4.78, 5) is 14.0. The molecule has 5 heteroatoms. The summed E-state index contributed by atoms with van der Waals surface area (Å²) in [6.45, 7) is 3.30. The van der Waals surface area contributed by atoms with Crippen molar-refractivity contribution in [1.82, 2.24) is 10.2 Å². The highest BCUT2D eigenvalue weighted by molar-refractivity contribution is 5.92. The van der Waals surface area contributed by atoms with Gasteiger partial charge in [-0.1, -0.05) is 12.1 Å². The molecule has 1 aromatic carbocycles. The molecular formula is C14H18FN3O. The molecule has 102 valence electrons. The van der Waals surface area contributed by atoms with Crippen LogP contribution in [0.4, 0.5) is 10.1 Å². The molecule has 2 aliphatic heterocycles. The van der Waals surface area contributed by atoms with Crippen LogP contribution in [0.25, 0.3) is 0 Å². The number of hydrogen-bond acceptors (Lipinski definition) is 3. The third-order valence-electron chi connectivity index (χ3n) is 3.95. The molecule has 2 fully saturated rings. The lowest BCUT2D eigenvalue weighted by Gasteiger charge is -2.16. The van der Waals surface area contributed by atoms with E-state index in [1.807, 2.05) is 0 Å². The Labute approximate surface area is 112 Å². The summed E-state index contributed by atoms with van der Waals surface area (Å²) >= 11 is 0. The Morgan fingerprint density at radius 1 is 1.42 bits per heavy atom. The van der Waals surface area contributed by atoms with Gasteiger partial charge in [-0.25, -0.2) is 4.39 Å². The van der Waals surface area contributed by atoms with Gasteiger partial charge in [0.2, 0.25) is 5.91 Å². The fourth-order valence-corrected chi connectivity index (χ4v) is 3.02. The van der Waals surface area contributed by atoms with Crippen LogP contribution in [0.3, 0.4) is 0 Å². The smallest absolute Gasteiger partial charge is 0.238 e. The summed E-state index contributed by atoms with van der Waals surface area (Å²) in [5, 5.41) is 6.07. The van der Waals surface area contributed by atoms with Gasteiger partial charge in [0.25, 0.3) is 0 Å². The van der Waals surface area contributed by atoms with Gasteiger partial charge in [0.15, 0.2) is 0 Å². The second-order valence-corrected chi connectivity index (χ2v) is 5.33. The molecule has 2 atom stereocenters. The van der Waals surface area contributed by atoms with E-state index < -0.39 is 5.82 Å². The van der Waals surface area contributed by atoms with Crippen LogP contribution in [-0.2, 0) is 4.79 Å². The van der Waals surface area contributed by atoms with Crippen LogP contribution in [0, 0.1) is 11.7 Å². The average molecular weight is 263 g/mol. The van der Waals surface area contributed by atoms with Crippen LogP contribution in [0.5, 0.6) is 0 Å². The number of carbonyl (C=O) groups is 1. The minimum absolute atomic E-state index is 0.148. The van der Waals surface area contributed by atoms with Gasteiger partial charge in [-0.2, -0.15) is 0 Å². The van der Waals surface area contributed by atoms with Crippen molar-refractivity contribution in [3.8, 4) is 0 Å². The maximum absolute atomic E-state index is 13.4. The maximum atomic E-state index is 13.4. The predicted octanol–water partition coefficient (Wildman–Crippen LogP) is 1.06. The molecule has 1 aromatic rings. The molecule has 2 heterocycles. The van der Waals surface area contributed by atoms with Crippen molar-refractivity contribution in [2.45, 2.75) is 12.5 Å². The van der Waals surface area contributed by atoms with Gasteiger partial charge < -0.3 is 10.6 Å². The quantitative estimate of drug-likeness (QED) is 0.857. The molecule has 2 N–H and O–H groups in total. The zero-order chi connectivity index (χ0) is 13.2. The second-order valence-electron chi connectivity index (χ2n) is 5.33. The number of hydrogen-bond donors (Lipinski definition) is 2. The summed E-state index contributed by atoms with van der Waals surface area (Å²) in [5.41, 5.74) is 0.255. The lowest BCUT2D eigenvalue weighted by atomic mass is 10.1. The van der Waals surface area contributed by atoms with E-state index in [9.17, 15) is 9.18 Å². The number of anilines is 1. The largest absolute Gasteiger partial charge is 0.322 e. The highest BCUT2D eigenvalue weighted by Gasteiger charge is 2.36. The number of para-hydroxylation sites is 1. The van der Waals surface area contributed by atoms with E-state index in [0.29, 0.717) is 18.5 Å². The van der Waals surface area contributed by atoms with Crippen LogP contribution in [0.1, 0.15) is 6.42 Å². The van der Waals surface area contributed by atoms with Crippen molar-refractivity contribution in [2.75, 3.05) is 31.5 Å². The standard InChI is InChI=1S/C14H18FN3O/c15-11-3-1-2-4-12(11)17-14(19)9-18-7-10-5-6-16-13(10)8-18/h1-4,10,13,16H,5-9H2,(H,17,19)/t10-,13+/m0/s1. The molecule has 0 saturated carbocycles. The van der Waals surface area contributed by atoms with Crippen molar-refractivity contribution < 1.29 is 9.18 Å². The Bertz CT molecular complexity index is 468. The fourth-order valence-electron chi connectivity index (χ4n) is 3.02. The molecule has 2 saturated heterocycles. The Balaban J connectivity index is 1.53. The van der Waals surface area contributed by atoms with Crippen molar-refractivity contribution in [3.63, 3.8) is 0 Å². The predicted molar refractivity (Wildman–Crippen MR) is 71.4 cm³/mol. The third-order valence-corrected chi connectivity index (χ3v) is 3.95. The molecule has 0 aliphatic carbocycles. The summed E-state index contributed by atoms with van der Waals surface area (Å²) in [7, 11) is 0. The topological polar surface area (TPSA) is 44.4 Å². The Morgan fingerprint density at radius 2 is 2.26 bits per heavy atom. The monoisotopic (exact) mass is 263 g/mol. The Hall–Kier alpha value is -1.46. The van der Waals surface area contributed by atoms with Crippen molar-refractivity contribution >= 4 is 11.6 Å². The molecule has 3 rings (SSSR count). The first-order valence-corrected chi connectivity index (χ1v) is 6.72. The zero-order valence-electron chi connectivity index (χ0n) is 10.7. The van der Waals surface area contributed by atoms with Crippen molar-refractivity contribution in [1.29, 1.82) is 0 Å². The molecule has 2 aliphatic rings. The summed E-state index contributed by atoms with van der Waals surface area (Å²) in [5.74, 6) is 0.127. The van der Waals surface area contributed by atoms with Gasteiger partial charge >= 0.3 is 0 Å². The molecule has 19 heavy (non-hydrogen) atoms. The Morgan fingerprint density at radius 3 is 3.05 bits per heavy atom. The molecule has 4 nitrogen and oxygen atoms in total. The van der Waals surface area contributed by atoms with E-state index in [-0.39, 0.29) is 11.6 Å². The van der Waals surface area contributed by atoms with Crippen LogP contribution in [-0.4, -0.2) is 43.0 Å². The lowest BCUT2D eigenvalue weighted by Crippen LogP contribution is -2.35. The molecular weight excluding hydrogens is 245 g/mol. The van der Waals surface area contributed by atoms with E-state index in [1.54, 1.807) is 18.2 Å². The lowest BCUT2D eigenvalue weighted by molar-refractivity contribution is -0.117. The van der Waals surface area contributed by atoms with E-state index >= 15 is 0 Å². The van der Waals surface area contributed by atoms with Gasteiger partial charge in [-0.15, -0.1) is 0 Å². The van der Waals surface area contributed by atoms with Crippen molar-refractivity contribution in [2.24, 2.45) is 5.92 Å². The first-order chi connectivity index (χ1) is 9.22. The van der Waals surface area contributed by atoms with Gasteiger partial charge in [-0.05, 0) is 31.0 Å². The first-order valence-electron chi connectivity index (χ1n) is 6.72. The third kappa shape index (κ3) is 2.77. The fraction of sp³-hybridized carbons (Fsp3) is 0.500. The highest BCUT2D eigenvalue weighted by Crippen LogP contribution is 2.24. The molecule has 0 unspecified atom stereocenters. The van der Waals surface area contributed by atoms with E-state index in [1.165, 1.54) is 12.5 Å². The van der Waals surface area contributed by atoms with Crippen molar-refractivity contribution in [3.05, 3.63) is 30.1 Å². The summed E-state index contributed by atoms with van der Waals surface area (Å²) < 4.78 is 13.4. The molecule has 0 spiro atoms. The van der Waals surface area contributed by atoms with Crippen LogP contribution in [0.15, 0.2) is 24.3 Å². The molecule has 0 aromatic heterocycles. The minimum atomic E-state index is -0.393. The number of carbonyl (C=O) groups excluding carboxylic acids is 1. The van der Waals surface area contributed by atoms with Crippen LogP contribution >= 0.6 is 0 Å². The van der Waals surface area contributed by atoms with E-state index in [0.717, 1.165) is 19.6 Å². The van der Waals surface area contributed by atoms with Gasteiger partial charge in [0.1, 0.15) is 5.82 Å². The maximum Gasteiger partial charge on any atom is 0.238 e. The highest BCUT2D eigenvalue weighted by atomic mass is 19.1.